The van der Waals surface area contributed by atoms with Crippen molar-refractivity contribution >= 4 is 21.6 Å². The van der Waals surface area contributed by atoms with E-state index in [4.69, 9.17) is 6.57 Å². The third kappa shape index (κ3) is 2.47. The van der Waals surface area contributed by atoms with Crippen LogP contribution in [0.2, 0.25) is 0 Å². The van der Waals surface area contributed by atoms with Gasteiger partial charge in [-0.25, -0.2) is 14.2 Å². The summed E-state index contributed by atoms with van der Waals surface area (Å²) in [6, 6.07) is 10.9. The second kappa shape index (κ2) is 5.86. The minimum Gasteiger partial charge on any atom is -0.338 e. The Hall–Kier alpha value is -3.31. The predicted molar refractivity (Wildman–Crippen MR) is 101 cm³/mol. The fraction of sp³-hybridized carbons (Fsp3) is 0.0526. The number of pyridine rings is 1. The maximum absolute atomic E-state index is 14.1. The van der Waals surface area contributed by atoms with Crippen LogP contribution in [0.1, 0.15) is 5.69 Å². The molecule has 4 heterocycles. The number of nitrogens with zero attached hydrogens (tertiary/aromatic N) is 6. The Kier molecular flexibility index (Phi) is 3.45. The first-order valence-electron chi connectivity index (χ1n) is 8.08. The van der Waals surface area contributed by atoms with E-state index in [0.717, 1.165) is 16.8 Å². The lowest BCUT2D eigenvalue weighted by Crippen LogP contribution is -2.04. The highest BCUT2D eigenvalue weighted by atomic mass is 79.9. The topological polar surface area (TPSA) is 52.9 Å². The Labute approximate surface area is 161 Å². The van der Waals surface area contributed by atoms with Crippen LogP contribution in [0.3, 0.4) is 0 Å². The van der Waals surface area contributed by atoms with Gasteiger partial charge < -0.3 is 4.57 Å². The van der Waals surface area contributed by atoms with Crippen LogP contribution in [0.5, 0.6) is 0 Å². The molecule has 0 bridgehead atoms. The van der Waals surface area contributed by atoms with E-state index in [2.05, 4.69) is 36.0 Å². The van der Waals surface area contributed by atoms with Gasteiger partial charge in [0.25, 0.3) is 0 Å². The van der Waals surface area contributed by atoms with Crippen LogP contribution in [-0.4, -0.2) is 24.3 Å². The van der Waals surface area contributed by atoms with E-state index in [1.807, 2.05) is 29.0 Å². The van der Waals surface area contributed by atoms with Crippen LogP contribution in [0.4, 0.5) is 10.1 Å². The minimum absolute atomic E-state index is 0.182. The van der Waals surface area contributed by atoms with Gasteiger partial charge in [-0.3, -0.25) is 4.57 Å². The summed E-state index contributed by atoms with van der Waals surface area (Å²) in [7, 11) is 0. The van der Waals surface area contributed by atoms with E-state index in [1.54, 1.807) is 23.0 Å². The summed E-state index contributed by atoms with van der Waals surface area (Å²) in [6.07, 6.45) is 3.57. The Morgan fingerprint density at radius 3 is 2.74 bits per heavy atom. The fourth-order valence-electron chi connectivity index (χ4n) is 3.28. The molecule has 0 fully saturated rings. The van der Waals surface area contributed by atoms with Gasteiger partial charge in [-0.2, -0.15) is 0 Å². The maximum atomic E-state index is 14.1. The van der Waals surface area contributed by atoms with Crippen molar-refractivity contribution in [2.24, 2.45) is 0 Å². The molecule has 5 rings (SSSR count). The Balaban J connectivity index is 1.69. The van der Waals surface area contributed by atoms with E-state index < -0.39 is 5.82 Å². The summed E-state index contributed by atoms with van der Waals surface area (Å²) < 4.78 is 18.0. The summed E-state index contributed by atoms with van der Waals surface area (Å²) in [6.45, 7) is 7.56. The number of hydrogen-bond acceptors (Lipinski definition) is 3. The number of hydrogen-bond donors (Lipinski definition) is 0. The molecule has 4 aromatic rings. The average molecular weight is 421 g/mol. The van der Waals surface area contributed by atoms with Crippen LogP contribution < -0.4 is 0 Å². The molecule has 0 atom stereocenters. The highest BCUT2D eigenvalue weighted by Gasteiger charge is 2.24. The standard InChI is InChI=1S/C19H10BrFN6/c1-22-13-4-2-11(3-5-13)12-6-17-19-25-23-10-27(19)16-7-14(21)18(20)24-15(16)9-26(17)8-12/h2-8,10H,9H2. The van der Waals surface area contributed by atoms with Crippen LogP contribution in [-0.2, 0) is 6.54 Å². The first kappa shape index (κ1) is 15.9. The van der Waals surface area contributed by atoms with Crippen LogP contribution in [0.15, 0.2) is 53.5 Å². The van der Waals surface area contributed by atoms with Crippen molar-refractivity contribution in [2.45, 2.75) is 6.54 Å². The summed E-state index contributed by atoms with van der Waals surface area (Å²) in [4.78, 5) is 7.79. The molecule has 8 heteroatoms. The quantitative estimate of drug-likeness (QED) is 0.293. The smallest absolute Gasteiger partial charge is 0.187 e. The van der Waals surface area contributed by atoms with E-state index in [-0.39, 0.29) is 4.60 Å². The van der Waals surface area contributed by atoms with Gasteiger partial charge >= 0.3 is 0 Å². The van der Waals surface area contributed by atoms with Crippen molar-refractivity contribution < 1.29 is 4.39 Å². The zero-order chi connectivity index (χ0) is 18.5. The molecular formula is C19H10BrFN6. The van der Waals surface area contributed by atoms with Crippen LogP contribution >= 0.6 is 15.9 Å². The molecular weight excluding hydrogens is 411 g/mol. The number of halogens is 2. The molecule has 3 aromatic heterocycles. The predicted octanol–water partition coefficient (Wildman–Crippen LogP) is 4.61. The van der Waals surface area contributed by atoms with Gasteiger partial charge in [0.15, 0.2) is 17.3 Å². The number of benzene rings is 1. The molecule has 130 valence electrons. The second-order valence-electron chi connectivity index (χ2n) is 6.15. The van der Waals surface area contributed by atoms with Crippen molar-refractivity contribution in [2.75, 3.05) is 0 Å². The highest BCUT2D eigenvalue weighted by molar-refractivity contribution is 9.10. The lowest BCUT2D eigenvalue weighted by Gasteiger charge is -2.08. The Morgan fingerprint density at radius 1 is 1.15 bits per heavy atom. The molecule has 0 saturated carbocycles. The molecule has 0 aliphatic carbocycles. The first-order chi connectivity index (χ1) is 13.1. The normalized spacial score (nSPS) is 11.9. The number of aromatic nitrogens is 5. The van der Waals surface area contributed by atoms with Gasteiger partial charge in [-0.05, 0) is 27.6 Å². The number of rotatable bonds is 1. The summed E-state index contributed by atoms with van der Waals surface area (Å²) in [5.74, 6) is 0.196. The molecule has 0 spiro atoms. The van der Waals surface area contributed by atoms with Crippen molar-refractivity contribution in [3.05, 3.63) is 76.5 Å². The van der Waals surface area contributed by atoms with Crippen molar-refractivity contribution in [3.8, 4) is 28.3 Å². The maximum Gasteiger partial charge on any atom is 0.187 e. The molecule has 0 amide bonds. The van der Waals surface area contributed by atoms with Crippen molar-refractivity contribution in [1.29, 1.82) is 0 Å². The van der Waals surface area contributed by atoms with Gasteiger partial charge in [0.1, 0.15) is 10.9 Å². The third-order valence-electron chi connectivity index (χ3n) is 4.57. The molecule has 0 saturated heterocycles. The molecule has 1 aromatic carbocycles. The van der Waals surface area contributed by atoms with E-state index in [1.165, 1.54) is 6.07 Å². The molecule has 1 aliphatic rings. The zero-order valence-electron chi connectivity index (χ0n) is 13.8. The largest absolute Gasteiger partial charge is 0.338 e. The summed E-state index contributed by atoms with van der Waals surface area (Å²) in [5.41, 5.74) is 4.81. The third-order valence-corrected chi connectivity index (χ3v) is 5.13. The lowest BCUT2D eigenvalue weighted by molar-refractivity contribution is 0.607. The van der Waals surface area contributed by atoms with E-state index in [9.17, 15) is 4.39 Å². The van der Waals surface area contributed by atoms with Crippen LogP contribution in [0, 0.1) is 12.4 Å². The Morgan fingerprint density at radius 2 is 1.96 bits per heavy atom. The van der Waals surface area contributed by atoms with Gasteiger partial charge in [0.05, 0.1) is 30.2 Å². The zero-order valence-corrected chi connectivity index (χ0v) is 15.4. The monoisotopic (exact) mass is 420 g/mol. The second-order valence-corrected chi connectivity index (χ2v) is 6.90. The SMILES string of the molecule is [C-]#[N+]c1ccc(-c2cc3n(c2)Cc2nc(Br)c(F)cc2-n2cnnc2-3)cc1. The summed E-state index contributed by atoms with van der Waals surface area (Å²) >= 11 is 3.17. The van der Waals surface area contributed by atoms with Gasteiger partial charge in [-0.15, -0.1) is 10.2 Å². The van der Waals surface area contributed by atoms with Crippen LogP contribution in [0.25, 0.3) is 33.2 Å². The molecule has 0 N–H and O–H groups in total. The molecule has 0 unspecified atom stereocenters. The fourth-order valence-corrected chi connectivity index (χ4v) is 3.61. The molecule has 0 radical (unpaired) electrons. The number of fused-ring (bicyclic) bond motifs is 5. The van der Waals surface area contributed by atoms with E-state index >= 15 is 0 Å². The minimum atomic E-state index is -0.430. The molecule has 27 heavy (non-hydrogen) atoms. The highest BCUT2D eigenvalue weighted by Crippen LogP contribution is 2.34. The van der Waals surface area contributed by atoms with Crippen molar-refractivity contribution in [3.63, 3.8) is 0 Å². The lowest BCUT2D eigenvalue weighted by atomic mass is 10.1. The average Bonchev–Trinajstić information content (AvgIpc) is 3.29. The molecule has 6 nitrogen and oxygen atoms in total. The van der Waals surface area contributed by atoms with Gasteiger partial charge in [0.2, 0.25) is 0 Å². The van der Waals surface area contributed by atoms with E-state index in [0.29, 0.717) is 29.4 Å². The van der Waals surface area contributed by atoms with Gasteiger partial charge in [-0.1, -0.05) is 24.3 Å². The summed E-state index contributed by atoms with van der Waals surface area (Å²) in [5, 5.41) is 8.24. The van der Waals surface area contributed by atoms with Gasteiger partial charge in [0, 0.05) is 17.8 Å². The van der Waals surface area contributed by atoms with Crippen molar-refractivity contribution in [1.82, 2.24) is 24.3 Å². The first-order valence-corrected chi connectivity index (χ1v) is 8.87. The molecule has 1 aliphatic heterocycles. The Bertz CT molecular complexity index is 1230.